The standard InChI is InChI=1S/C10H17N5O3S/c1-6(10(16)12-7-3-4-7)14-19(17,18)8-5-15(2)13-9(8)11/h5-7,14H,3-4H2,1-2H3,(H2,11,13)(H,12,16). The number of nitrogens with one attached hydrogen (secondary N) is 2. The van der Waals surface area contributed by atoms with Gasteiger partial charge in [0.1, 0.15) is 4.90 Å². The Labute approximate surface area is 111 Å². The zero-order valence-electron chi connectivity index (χ0n) is 10.8. The minimum absolute atomic E-state index is 0.0928. The van der Waals surface area contributed by atoms with E-state index >= 15 is 0 Å². The van der Waals surface area contributed by atoms with Crippen LogP contribution in [0.1, 0.15) is 19.8 Å². The number of nitrogens with zero attached hydrogens (tertiary/aromatic N) is 2. The van der Waals surface area contributed by atoms with Crippen molar-refractivity contribution < 1.29 is 13.2 Å². The second-order valence-corrected chi connectivity index (χ2v) is 6.36. The van der Waals surface area contributed by atoms with Crippen molar-refractivity contribution in [3.63, 3.8) is 0 Å². The Bertz CT molecular complexity index is 590. The van der Waals surface area contributed by atoms with Crippen LogP contribution in [0.4, 0.5) is 5.82 Å². The normalized spacial score (nSPS) is 17.2. The van der Waals surface area contributed by atoms with Gasteiger partial charge in [0, 0.05) is 19.3 Å². The number of hydrogen-bond donors (Lipinski definition) is 3. The fourth-order valence-corrected chi connectivity index (χ4v) is 2.90. The number of aryl methyl sites for hydroxylation is 1. The molecule has 0 aromatic carbocycles. The summed E-state index contributed by atoms with van der Waals surface area (Å²) in [6, 6.07) is -0.673. The predicted molar refractivity (Wildman–Crippen MR) is 68.6 cm³/mol. The molecule has 8 nitrogen and oxygen atoms in total. The van der Waals surface area contributed by atoms with E-state index in [9.17, 15) is 13.2 Å². The third-order valence-corrected chi connectivity index (χ3v) is 4.32. The first-order valence-corrected chi connectivity index (χ1v) is 7.40. The van der Waals surface area contributed by atoms with Gasteiger partial charge in [0.15, 0.2) is 5.82 Å². The molecule has 0 aliphatic heterocycles. The SMILES string of the molecule is CC(NS(=O)(=O)c1cn(C)nc1N)C(=O)NC1CC1. The zero-order chi connectivity index (χ0) is 14.2. The van der Waals surface area contributed by atoms with Gasteiger partial charge < -0.3 is 11.1 Å². The number of hydrogen-bond acceptors (Lipinski definition) is 5. The lowest BCUT2D eigenvalue weighted by Crippen LogP contribution is -2.45. The van der Waals surface area contributed by atoms with Crippen molar-refractivity contribution in [1.29, 1.82) is 0 Å². The monoisotopic (exact) mass is 287 g/mol. The fourth-order valence-electron chi connectivity index (χ4n) is 1.59. The molecule has 19 heavy (non-hydrogen) atoms. The highest BCUT2D eigenvalue weighted by Crippen LogP contribution is 2.19. The van der Waals surface area contributed by atoms with E-state index in [1.807, 2.05) is 0 Å². The largest absolute Gasteiger partial charge is 0.381 e. The van der Waals surface area contributed by atoms with Gasteiger partial charge in [0.05, 0.1) is 6.04 Å². The van der Waals surface area contributed by atoms with E-state index in [-0.39, 0.29) is 22.7 Å². The summed E-state index contributed by atoms with van der Waals surface area (Å²) in [4.78, 5) is 11.6. The van der Waals surface area contributed by atoms with Crippen LogP contribution in [-0.2, 0) is 21.9 Å². The minimum atomic E-state index is -3.85. The van der Waals surface area contributed by atoms with Gasteiger partial charge in [-0.05, 0) is 19.8 Å². The first-order valence-electron chi connectivity index (χ1n) is 5.91. The Morgan fingerprint density at radius 1 is 1.58 bits per heavy atom. The lowest BCUT2D eigenvalue weighted by atomic mass is 10.3. The quantitative estimate of drug-likeness (QED) is 0.638. The number of nitrogens with two attached hydrogens (primary N) is 1. The minimum Gasteiger partial charge on any atom is -0.381 e. The van der Waals surface area contributed by atoms with Crippen molar-refractivity contribution in [3.05, 3.63) is 6.20 Å². The molecule has 1 aliphatic carbocycles. The molecule has 1 aliphatic rings. The van der Waals surface area contributed by atoms with E-state index in [1.54, 1.807) is 7.05 Å². The number of carbonyl (C=O) groups is 1. The van der Waals surface area contributed by atoms with Crippen LogP contribution in [-0.4, -0.2) is 36.2 Å². The van der Waals surface area contributed by atoms with Gasteiger partial charge in [-0.25, -0.2) is 8.42 Å². The number of rotatable bonds is 5. The smallest absolute Gasteiger partial charge is 0.246 e. The summed E-state index contributed by atoms with van der Waals surface area (Å²) in [5.41, 5.74) is 5.52. The van der Waals surface area contributed by atoms with Gasteiger partial charge in [0.25, 0.3) is 0 Å². The molecule has 0 saturated heterocycles. The number of amides is 1. The Morgan fingerprint density at radius 2 is 2.21 bits per heavy atom. The molecule has 1 aromatic heterocycles. The summed E-state index contributed by atoms with van der Waals surface area (Å²) in [6.45, 7) is 1.49. The average molecular weight is 287 g/mol. The molecular weight excluding hydrogens is 270 g/mol. The van der Waals surface area contributed by atoms with Crippen molar-refractivity contribution in [2.75, 3.05) is 5.73 Å². The topological polar surface area (TPSA) is 119 Å². The van der Waals surface area contributed by atoms with Crippen LogP contribution >= 0.6 is 0 Å². The predicted octanol–water partition coefficient (Wildman–Crippen LogP) is -1.05. The van der Waals surface area contributed by atoms with Crippen LogP contribution in [0.2, 0.25) is 0 Å². The van der Waals surface area contributed by atoms with Gasteiger partial charge in [-0.1, -0.05) is 0 Å². The molecule has 1 heterocycles. The molecule has 9 heteroatoms. The van der Waals surface area contributed by atoms with Gasteiger partial charge in [-0.3, -0.25) is 9.48 Å². The number of anilines is 1. The van der Waals surface area contributed by atoms with Crippen molar-refractivity contribution in [3.8, 4) is 0 Å². The molecular formula is C10H17N5O3S. The van der Waals surface area contributed by atoms with Crippen LogP contribution in [0.15, 0.2) is 11.1 Å². The van der Waals surface area contributed by atoms with Crippen LogP contribution in [0.3, 0.4) is 0 Å². The Kier molecular flexibility index (Phi) is 3.50. The molecule has 4 N–H and O–H groups in total. The molecule has 1 saturated carbocycles. The van der Waals surface area contributed by atoms with Gasteiger partial charge in [-0.2, -0.15) is 9.82 Å². The molecule has 0 spiro atoms. The maximum absolute atomic E-state index is 12.1. The third kappa shape index (κ3) is 3.24. The molecule has 2 rings (SSSR count). The van der Waals surface area contributed by atoms with Crippen molar-refractivity contribution in [1.82, 2.24) is 19.8 Å². The zero-order valence-corrected chi connectivity index (χ0v) is 11.6. The number of nitrogen functional groups attached to an aromatic ring is 1. The van der Waals surface area contributed by atoms with Crippen LogP contribution in [0.25, 0.3) is 0 Å². The summed E-state index contributed by atoms with van der Waals surface area (Å²) in [7, 11) is -2.28. The van der Waals surface area contributed by atoms with E-state index < -0.39 is 16.1 Å². The number of aromatic nitrogens is 2. The molecule has 1 unspecified atom stereocenters. The highest BCUT2D eigenvalue weighted by molar-refractivity contribution is 7.89. The van der Waals surface area contributed by atoms with Crippen molar-refractivity contribution in [2.45, 2.75) is 36.7 Å². The molecule has 1 aromatic rings. The Hall–Kier alpha value is -1.61. The highest BCUT2D eigenvalue weighted by Gasteiger charge is 2.29. The lowest BCUT2D eigenvalue weighted by Gasteiger charge is -2.13. The highest BCUT2D eigenvalue weighted by atomic mass is 32.2. The second kappa shape index (κ2) is 4.82. The van der Waals surface area contributed by atoms with Crippen LogP contribution in [0, 0.1) is 0 Å². The molecule has 1 fully saturated rings. The van der Waals surface area contributed by atoms with E-state index in [4.69, 9.17) is 5.73 Å². The van der Waals surface area contributed by atoms with Gasteiger partial charge >= 0.3 is 0 Å². The maximum Gasteiger partial charge on any atom is 0.246 e. The van der Waals surface area contributed by atoms with Gasteiger partial charge in [0.2, 0.25) is 15.9 Å². The Balaban J connectivity index is 2.07. The van der Waals surface area contributed by atoms with Crippen LogP contribution < -0.4 is 15.8 Å². The van der Waals surface area contributed by atoms with E-state index in [1.165, 1.54) is 17.8 Å². The number of sulfonamides is 1. The van der Waals surface area contributed by atoms with E-state index in [0.717, 1.165) is 12.8 Å². The summed E-state index contributed by atoms with van der Waals surface area (Å²) in [5.74, 6) is -0.432. The average Bonchev–Trinajstić information content (AvgIpc) is 3.02. The van der Waals surface area contributed by atoms with Crippen molar-refractivity contribution >= 4 is 21.7 Å². The van der Waals surface area contributed by atoms with Gasteiger partial charge in [-0.15, -0.1) is 0 Å². The first kappa shape index (κ1) is 13.8. The summed E-state index contributed by atoms with van der Waals surface area (Å²) >= 11 is 0. The molecule has 1 atom stereocenters. The van der Waals surface area contributed by atoms with Crippen molar-refractivity contribution in [2.24, 2.45) is 7.05 Å². The maximum atomic E-state index is 12.1. The Morgan fingerprint density at radius 3 is 2.68 bits per heavy atom. The van der Waals surface area contributed by atoms with E-state index in [0.29, 0.717) is 0 Å². The fraction of sp³-hybridized carbons (Fsp3) is 0.600. The molecule has 0 radical (unpaired) electrons. The molecule has 1 amide bonds. The molecule has 0 bridgehead atoms. The summed E-state index contributed by atoms with van der Waals surface area (Å²) < 4.78 is 27.7. The molecule has 106 valence electrons. The second-order valence-electron chi connectivity index (χ2n) is 4.68. The summed E-state index contributed by atoms with van der Waals surface area (Å²) in [6.07, 6.45) is 3.19. The number of carbonyl (C=O) groups excluding carboxylic acids is 1. The van der Waals surface area contributed by atoms with Crippen LogP contribution in [0.5, 0.6) is 0 Å². The third-order valence-electron chi connectivity index (χ3n) is 2.76. The summed E-state index contributed by atoms with van der Waals surface area (Å²) in [5, 5.41) is 6.49. The lowest BCUT2D eigenvalue weighted by molar-refractivity contribution is -0.122. The van der Waals surface area contributed by atoms with E-state index in [2.05, 4.69) is 15.1 Å². The first-order chi connectivity index (χ1) is 8.79.